The fourth-order valence-corrected chi connectivity index (χ4v) is 3.63. The first-order chi connectivity index (χ1) is 11.7. The standard InChI is InChI=1S/C18H32N6/c1-14(2)24-13-15-6-7-16(12-17(15)22-24)21-18(19-3)20-8-11-23-9-4-5-10-23/h13-14,16H,4-12H2,1-3H3,(H2,19,20,21). The number of fused-ring (bicyclic) bond motifs is 1. The summed E-state index contributed by atoms with van der Waals surface area (Å²) in [6, 6.07) is 0.855. The van der Waals surface area contributed by atoms with Crippen LogP contribution in [0.15, 0.2) is 11.2 Å². The molecule has 0 aromatic carbocycles. The van der Waals surface area contributed by atoms with Crippen molar-refractivity contribution in [3.63, 3.8) is 0 Å². The average Bonchev–Trinajstić information content (AvgIpc) is 3.22. The van der Waals surface area contributed by atoms with Gasteiger partial charge in [0.25, 0.3) is 0 Å². The molecule has 24 heavy (non-hydrogen) atoms. The minimum absolute atomic E-state index is 0.422. The quantitative estimate of drug-likeness (QED) is 0.635. The molecule has 134 valence electrons. The topological polar surface area (TPSA) is 57.5 Å². The van der Waals surface area contributed by atoms with Crippen molar-refractivity contribution in [1.82, 2.24) is 25.3 Å². The van der Waals surface area contributed by atoms with Crippen LogP contribution in [0.25, 0.3) is 0 Å². The van der Waals surface area contributed by atoms with Crippen molar-refractivity contribution in [2.75, 3.05) is 33.2 Å². The molecule has 1 saturated heterocycles. The van der Waals surface area contributed by atoms with Crippen molar-refractivity contribution < 1.29 is 0 Å². The van der Waals surface area contributed by atoms with Crippen molar-refractivity contribution in [2.45, 2.75) is 58.0 Å². The smallest absolute Gasteiger partial charge is 0.191 e. The lowest BCUT2D eigenvalue weighted by Gasteiger charge is -2.25. The fraction of sp³-hybridized carbons (Fsp3) is 0.778. The number of aliphatic imine (C=N–C) groups is 1. The molecule has 1 aliphatic carbocycles. The Balaban J connectivity index is 1.47. The van der Waals surface area contributed by atoms with Gasteiger partial charge in [0.15, 0.2) is 5.96 Å². The second-order valence-corrected chi connectivity index (χ2v) is 7.31. The molecule has 0 amide bonds. The summed E-state index contributed by atoms with van der Waals surface area (Å²) in [7, 11) is 1.85. The van der Waals surface area contributed by atoms with Crippen LogP contribution in [0.5, 0.6) is 0 Å². The summed E-state index contributed by atoms with van der Waals surface area (Å²) in [5, 5.41) is 11.8. The SMILES string of the molecule is CN=C(NCCN1CCCC1)NC1CCc2cn(C(C)C)nc2C1. The molecule has 0 bridgehead atoms. The number of hydrogen-bond acceptors (Lipinski definition) is 3. The molecule has 6 heteroatoms. The molecular formula is C18H32N6. The first-order valence-corrected chi connectivity index (χ1v) is 9.42. The maximum Gasteiger partial charge on any atom is 0.191 e. The van der Waals surface area contributed by atoms with Gasteiger partial charge in [0.1, 0.15) is 0 Å². The Morgan fingerprint density at radius 2 is 2.17 bits per heavy atom. The van der Waals surface area contributed by atoms with E-state index in [0.29, 0.717) is 12.1 Å². The molecule has 0 radical (unpaired) electrons. The van der Waals surface area contributed by atoms with E-state index in [9.17, 15) is 0 Å². The van der Waals surface area contributed by atoms with Crippen molar-refractivity contribution in [2.24, 2.45) is 4.99 Å². The van der Waals surface area contributed by atoms with Crippen LogP contribution < -0.4 is 10.6 Å². The molecule has 6 nitrogen and oxygen atoms in total. The largest absolute Gasteiger partial charge is 0.355 e. The van der Waals surface area contributed by atoms with Gasteiger partial charge >= 0.3 is 0 Å². The fourth-order valence-electron chi connectivity index (χ4n) is 3.63. The summed E-state index contributed by atoms with van der Waals surface area (Å²) in [6.07, 6.45) is 8.15. The maximum atomic E-state index is 4.76. The van der Waals surface area contributed by atoms with Gasteiger partial charge in [-0.2, -0.15) is 5.10 Å². The zero-order chi connectivity index (χ0) is 16.9. The third kappa shape index (κ3) is 4.29. The highest BCUT2D eigenvalue weighted by molar-refractivity contribution is 5.80. The van der Waals surface area contributed by atoms with E-state index in [-0.39, 0.29) is 0 Å². The first-order valence-electron chi connectivity index (χ1n) is 9.42. The third-order valence-corrected chi connectivity index (χ3v) is 5.11. The van der Waals surface area contributed by atoms with E-state index in [2.05, 4.69) is 45.3 Å². The second kappa shape index (κ2) is 8.01. The van der Waals surface area contributed by atoms with Gasteiger partial charge in [-0.05, 0) is 58.2 Å². The number of nitrogens with one attached hydrogen (secondary N) is 2. The van der Waals surface area contributed by atoms with Gasteiger partial charge in [0.05, 0.1) is 5.69 Å². The maximum absolute atomic E-state index is 4.76. The van der Waals surface area contributed by atoms with E-state index < -0.39 is 0 Å². The van der Waals surface area contributed by atoms with Crippen molar-refractivity contribution >= 4 is 5.96 Å². The average molecular weight is 332 g/mol. The van der Waals surface area contributed by atoms with Crippen LogP contribution in [0.3, 0.4) is 0 Å². The van der Waals surface area contributed by atoms with E-state index in [1.807, 2.05) is 7.05 Å². The van der Waals surface area contributed by atoms with Crippen molar-refractivity contribution in [3.05, 3.63) is 17.5 Å². The number of nitrogens with zero attached hydrogens (tertiary/aromatic N) is 4. The molecule has 1 aliphatic heterocycles. The summed E-state index contributed by atoms with van der Waals surface area (Å²) < 4.78 is 2.09. The monoisotopic (exact) mass is 332 g/mol. The Bertz CT molecular complexity index is 556. The molecule has 1 atom stereocenters. The summed E-state index contributed by atoms with van der Waals surface area (Å²) in [6.45, 7) is 8.92. The van der Waals surface area contributed by atoms with Crippen LogP contribution in [0.2, 0.25) is 0 Å². The number of aromatic nitrogens is 2. The minimum Gasteiger partial charge on any atom is -0.355 e. The normalized spacial score (nSPS) is 22.0. The van der Waals surface area contributed by atoms with Crippen LogP contribution in [-0.4, -0.2) is 59.9 Å². The Hall–Kier alpha value is -1.56. The zero-order valence-electron chi connectivity index (χ0n) is 15.4. The van der Waals surface area contributed by atoms with Crippen LogP contribution in [-0.2, 0) is 12.8 Å². The number of likely N-dealkylation sites (tertiary alicyclic amines) is 1. The summed E-state index contributed by atoms with van der Waals surface area (Å²) in [4.78, 5) is 6.91. The molecule has 1 fully saturated rings. The molecule has 2 heterocycles. The Kier molecular flexibility index (Phi) is 5.76. The van der Waals surface area contributed by atoms with E-state index in [0.717, 1.165) is 38.3 Å². The van der Waals surface area contributed by atoms with Crippen LogP contribution in [0, 0.1) is 0 Å². The van der Waals surface area contributed by atoms with Crippen LogP contribution in [0.1, 0.15) is 50.4 Å². The van der Waals surface area contributed by atoms with Gasteiger partial charge in [0, 0.05) is 44.8 Å². The first kappa shape index (κ1) is 17.3. The second-order valence-electron chi connectivity index (χ2n) is 7.31. The molecule has 2 N–H and O–H groups in total. The summed E-state index contributed by atoms with van der Waals surface area (Å²) in [5.74, 6) is 0.922. The van der Waals surface area contributed by atoms with E-state index in [4.69, 9.17) is 5.10 Å². The zero-order valence-corrected chi connectivity index (χ0v) is 15.4. The van der Waals surface area contributed by atoms with Gasteiger partial charge in [0.2, 0.25) is 0 Å². The highest BCUT2D eigenvalue weighted by atomic mass is 15.3. The van der Waals surface area contributed by atoms with E-state index in [1.54, 1.807) is 0 Å². The van der Waals surface area contributed by atoms with Crippen molar-refractivity contribution in [3.8, 4) is 0 Å². The minimum atomic E-state index is 0.422. The lowest BCUT2D eigenvalue weighted by Crippen LogP contribution is -2.47. The molecule has 1 unspecified atom stereocenters. The van der Waals surface area contributed by atoms with E-state index >= 15 is 0 Å². The van der Waals surface area contributed by atoms with Crippen molar-refractivity contribution in [1.29, 1.82) is 0 Å². The molecule has 1 aromatic rings. The van der Waals surface area contributed by atoms with E-state index in [1.165, 1.54) is 37.2 Å². The Morgan fingerprint density at radius 1 is 1.38 bits per heavy atom. The van der Waals surface area contributed by atoms with Gasteiger partial charge in [-0.25, -0.2) is 0 Å². The molecule has 0 saturated carbocycles. The van der Waals surface area contributed by atoms with Gasteiger partial charge in [-0.15, -0.1) is 0 Å². The summed E-state index contributed by atoms with van der Waals surface area (Å²) >= 11 is 0. The predicted molar refractivity (Wildman–Crippen MR) is 98.6 cm³/mol. The van der Waals surface area contributed by atoms with Gasteiger partial charge in [-0.3, -0.25) is 9.67 Å². The number of rotatable bonds is 5. The Labute approximate surface area is 145 Å². The summed E-state index contributed by atoms with van der Waals surface area (Å²) in [5.41, 5.74) is 2.67. The third-order valence-electron chi connectivity index (χ3n) is 5.11. The molecule has 1 aromatic heterocycles. The lowest BCUT2D eigenvalue weighted by molar-refractivity contribution is 0.343. The molecular weight excluding hydrogens is 300 g/mol. The number of guanidine groups is 1. The van der Waals surface area contributed by atoms with Crippen LogP contribution in [0.4, 0.5) is 0 Å². The molecule has 2 aliphatic rings. The predicted octanol–water partition coefficient (Wildman–Crippen LogP) is 1.58. The van der Waals surface area contributed by atoms with Gasteiger partial charge in [-0.1, -0.05) is 0 Å². The number of hydrogen-bond donors (Lipinski definition) is 2. The lowest BCUT2D eigenvalue weighted by atomic mass is 9.94. The highest BCUT2D eigenvalue weighted by Crippen LogP contribution is 2.21. The molecule has 0 spiro atoms. The number of aryl methyl sites for hydroxylation is 1. The molecule has 3 rings (SSSR count). The van der Waals surface area contributed by atoms with Crippen LogP contribution >= 0.6 is 0 Å². The Morgan fingerprint density at radius 3 is 2.88 bits per heavy atom. The highest BCUT2D eigenvalue weighted by Gasteiger charge is 2.23. The van der Waals surface area contributed by atoms with Gasteiger partial charge < -0.3 is 15.5 Å².